The van der Waals surface area contributed by atoms with Crippen molar-refractivity contribution in [3.63, 3.8) is 0 Å². The van der Waals surface area contributed by atoms with Gasteiger partial charge < -0.3 is 10.2 Å². The zero-order chi connectivity index (χ0) is 16.9. The molecule has 0 heterocycles. The molecule has 3 heteroatoms. The highest BCUT2D eigenvalue weighted by Gasteiger charge is 2.03. The standard InChI is InChI=1S/C19H22.CH2O3/c1-2-3-4-11-16-19(17-12-7-5-8-13-17)18-14-9-6-10-15-18;2-1(3)4/h5-10,12-16H,2-4,11H2,1H3;(H2,2,3,4). The first kappa shape index (κ1) is 18.5. The molecule has 2 rings (SSSR count). The zero-order valence-electron chi connectivity index (χ0n) is 13.5. The molecule has 0 saturated heterocycles. The largest absolute Gasteiger partial charge is 0.503 e. The molecule has 0 saturated carbocycles. The minimum absolute atomic E-state index is 1.16. The summed E-state index contributed by atoms with van der Waals surface area (Å²) in [7, 11) is 0. The molecule has 0 spiro atoms. The van der Waals surface area contributed by atoms with Gasteiger partial charge in [-0.2, -0.15) is 0 Å². The van der Waals surface area contributed by atoms with Gasteiger partial charge in [-0.05, 0) is 29.5 Å². The summed E-state index contributed by atoms with van der Waals surface area (Å²) in [6.07, 6.45) is 5.58. The van der Waals surface area contributed by atoms with Crippen molar-refractivity contribution in [2.45, 2.75) is 32.6 Å². The maximum atomic E-state index is 8.56. The molecule has 0 aromatic heterocycles. The fourth-order valence-corrected chi connectivity index (χ4v) is 2.28. The van der Waals surface area contributed by atoms with Gasteiger partial charge in [0, 0.05) is 0 Å². The highest BCUT2D eigenvalue weighted by Crippen LogP contribution is 2.24. The Morgan fingerprint density at radius 1 is 0.870 bits per heavy atom. The smallest absolute Gasteiger partial charge is 0.450 e. The predicted octanol–water partition coefficient (Wildman–Crippen LogP) is 5.92. The van der Waals surface area contributed by atoms with Crippen LogP contribution < -0.4 is 0 Å². The quantitative estimate of drug-likeness (QED) is 0.651. The molecule has 0 amide bonds. The van der Waals surface area contributed by atoms with Crippen LogP contribution in [0.15, 0.2) is 66.7 Å². The van der Waals surface area contributed by atoms with E-state index in [1.807, 2.05) is 0 Å². The number of benzene rings is 2. The van der Waals surface area contributed by atoms with Crippen LogP contribution in [0, 0.1) is 0 Å². The van der Waals surface area contributed by atoms with Crippen molar-refractivity contribution in [3.8, 4) is 0 Å². The number of unbranched alkanes of at least 4 members (excludes halogenated alkanes) is 3. The molecule has 0 fully saturated rings. The number of hydrogen-bond acceptors (Lipinski definition) is 1. The van der Waals surface area contributed by atoms with E-state index in [-0.39, 0.29) is 0 Å². The van der Waals surface area contributed by atoms with E-state index >= 15 is 0 Å². The fourth-order valence-electron chi connectivity index (χ4n) is 2.28. The van der Waals surface area contributed by atoms with Gasteiger partial charge in [0.2, 0.25) is 0 Å². The van der Waals surface area contributed by atoms with Crippen molar-refractivity contribution in [3.05, 3.63) is 77.9 Å². The van der Waals surface area contributed by atoms with Crippen molar-refractivity contribution in [1.29, 1.82) is 0 Å². The van der Waals surface area contributed by atoms with E-state index in [0.29, 0.717) is 0 Å². The maximum absolute atomic E-state index is 8.56. The third-order valence-electron chi connectivity index (χ3n) is 3.33. The molecule has 2 aromatic rings. The first-order valence-corrected chi connectivity index (χ1v) is 7.88. The van der Waals surface area contributed by atoms with Crippen LogP contribution in [0.4, 0.5) is 4.79 Å². The Labute approximate surface area is 137 Å². The molecule has 0 aliphatic rings. The maximum Gasteiger partial charge on any atom is 0.503 e. The Morgan fingerprint density at radius 3 is 1.70 bits per heavy atom. The van der Waals surface area contributed by atoms with Crippen LogP contribution in [0.3, 0.4) is 0 Å². The van der Waals surface area contributed by atoms with Gasteiger partial charge in [0.15, 0.2) is 0 Å². The van der Waals surface area contributed by atoms with Crippen LogP contribution in [0.25, 0.3) is 5.57 Å². The lowest BCUT2D eigenvalue weighted by atomic mass is 9.96. The molecule has 0 aliphatic carbocycles. The van der Waals surface area contributed by atoms with Crippen molar-refractivity contribution >= 4 is 11.7 Å². The average molecular weight is 312 g/mol. The normalized spacial score (nSPS) is 9.43. The average Bonchev–Trinajstić information content (AvgIpc) is 2.56. The van der Waals surface area contributed by atoms with Crippen molar-refractivity contribution in [2.75, 3.05) is 0 Å². The third-order valence-corrected chi connectivity index (χ3v) is 3.33. The monoisotopic (exact) mass is 312 g/mol. The van der Waals surface area contributed by atoms with E-state index in [4.69, 9.17) is 15.0 Å². The molecule has 2 N–H and O–H groups in total. The lowest BCUT2D eigenvalue weighted by Crippen LogP contribution is -1.88. The van der Waals surface area contributed by atoms with Gasteiger partial charge in [-0.15, -0.1) is 0 Å². The van der Waals surface area contributed by atoms with Crippen molar-refractivity contribution < 1.29 is 15.0 Å². The van der Waals surface area contributed by atoms with Gasteiger partial charge in [-0.3, -0.25) is 0 Å². The highest BCUT2D eigenvalue weighted by atomic mass is 16.6. The Morgan fingerprint density at radius 2 is 1.30 bits per heavy atom. The van der Waals surface area contributed by atoms with E-state index in [0.717, 1.165) is 6.42 Å². The molecule has 0 radical (unpaired) electrons. The molecule has 0 unspecified atom stereocenters. The molecule has 23 heavy (non-hydrogen) atoms. The lowest BCUT2D eigenvalue weighted by Gasteiger charge is -2.08. The fraction of sp³-hybridized carbons (Fsp3) is 0.250. The van der Waals surface area contributed by atoms with E-state index in [9.17, 15) is 0 Å². The number of allylic oxidation sites excluding steroid dienone is 1. The molecule has 122 valence electrons. The summed E-state index contributed by atoms with van der Waals surface area (Å²) >= 11 is 0. The van der Waals surface area contributed by atoms with E-state index in [1.54, 1.807) is 0 Å². The summed E-state index contributed by atoms with van der Waals surface area (Å²) in [6.45, 7) is 2.25. The number of carbonyl (C=O) groups is 1. The van der Waals surface area contributed by atoms with Gasteiger partial charge in [0.05, 0.1) is 0 Å². The van der Waals surface area contributed by atoms with Crippen LogP contribution in [0.2, 0.25) is 0 Å². The molecule has 0 aliphatic heterocycles. The zero-order valence-corrected chi connectivity index (χ0v) is 13.5. The van der Waals surface area contributed by atoms with Gasteiger partial charge >= 0.3 is 6.16 Å². The summed E-state index contributed by atoms with van der Waals surface area (Å²) in [6, 6.07) is 21.4. The highest BCUT2D eigenvalue weighted by molar-refractivity contribution is 5.79. The second-order valence-corrected chi connectivity index (χ2v) is 5.13. The minimum Gasteiger partial charge on any atom is -0.450 e. The first-order chi connectivity index (χ1) is 11.1. The molecular formula is C20H24O3. The Bertz CT molecular complexity index is 543. The summed E-state index contributed by atoms with van der Waals surface area (Å²) in [5.41, 5.74) is 3.98. The third kappa shape index (κ3) is 7.86. The summed E-state index contributed by atoms with van der Waals surface area (Å²) in [5, 5.41) is 13.9. The summed E-state index contributed by atoms with van der Waals surface area (Å²) in [4.78, 5) is 8.56. The molecule has 3 nitrogen and oxygen atoms in total. The summed E-state index contributed by atoms with van der Waals surface area (Å²) in [5.74, 6) is 0. The summed E-state index contributed by atoms with van der Waals surface area (Å²) < 4.78 is 0. The van der Waals surface area contributed by atoms with E-state index in [1.165, 1.54) is 36.0 Å². The van der Waals surface area contributed by atoms with Crippen LogP contribution in [-0.4, -0.2) is 16.4 Å². The molecule has 0 atom stereocenters. The van der Waals surface area contributed by atoms with Gasteiger partial charge in [-0.1, -0.05) is 86.5 Å². The Balaban J connectivity index is 0.000000593. The minimum atomic E-state index is -1.83. The van der Waals surface area contributed by atoms with Gasteiger partial charge in [0.1, 0.15) is 0 Å². The topological polar surface area (TPSA) is 57.5 Å². The molecular weight excluding hydrogens is 288 g/mol. The second-order valence-electron chi connectivity index (χ2n) is 5.13. The van der Waals surface area contributed by atoms with Crippen LogP contribution in [-0.2, 0) is 0 Å². The van der Waals surface area contributed by atoms with Crippen LogP contribution in [0.1, 0.15) is 43.7 Å². The van der Waals surface area contributed by atoms with Gasteiger partial charge in [0.25, 0.3) is 0 Å². The van der Waals surface area contributed by atoms with Gasteiger partial charge in [-0.25, -0.2) is 4.79 Å². The number of carboxylic acid groups (broad SMARTS) is 2. The Hall–Kier alpha value is -2.55. The van der Waals surface area contributed by atoms with Crippen molar-refractivity contribution in [1.82, 2.24) is 0 Å². The Kier molecular flexibility index (Phi) is 8.91. The number of rotatable bonds is 6. The SMILES string of the molecule is CCCCCC=C(c1ccccc1)c1ccccc1.O=C(O)O. The van der Waals surface area contributed by atoms with Crippen LogP contribution >= 0.6 is 0 Å². The lowest BCUT2D eigenvalue weighted by molar-refractivity contribution is 0.137. The molecule has 2 aromatic carbocycles. The van der Waals surface area contributed by atoms with Crippen LogP contribution in [0.5, 0.6) is 0 Å². The second kappa shape index (κ2) is 11.1. The molecule has 0 bridgehead atoms. The van der Waals surface area contributed by atoms with Crippen molar-refractivity contribution in [2.24, 2.45) is 0 Å². The number of hydrogen-bond donors (Lipinski definition) is 2. The van der Waals surface area contributed by atoms with E-state index in [2.05, 4.69) is 73.7 Å². The van der Waals surface area contributed by atoms with E-state index < -0.39 is 6.16 Å². The predicted molar refractivity (Wildman–Crippen MR) is 94.8 cm³/mol. The first-order valence-electron chi connectivity index (χ1n) is 7.88.